The third-order valence-corrected chi connectivity index (χ3v) is 2.57. The number of anilines is 2. The molecular formula is C12H16N4. The predicted octanol–water partition coefficient (Wildman–Crippen LogP) is 1.94. The minimum atomic E-state index is 0.733. The standard InChI is InChI=1S/C12H16N4/c1-9-11(13)5-6-12(15-9)16(2)8-10-4-3-7-14-10/h3-7,14H,8,13H2,1-2H3. The van der Waals surface area contributed by atoms with Crippen molar-refractivity contribution in [2.24, 2.45) is 0 Å². The van der Waals surface area contributed by atoms with Crippen LogP contribution in [0.4, 0.5) is 11.5 Å². The molecular weight excluding hydrogens is 200 g/mol. The molecule has 0 aliphatic rings. The molecule has 2 rings (SSSR count). The lowest BCUT2D eigenvalue weighted by Crippen LogP contribution is -2.18. The Balaban J connectivity index is 2.14. The van der Waals surface area contributed by atoms with Crippen LogP contribution in [0.15, 0.2) is 30.5 Å². The second-order valence-electron chi connectivity index (χ2n) is 3.90. The Morgan fingerprint density at radius 1 is 1.38 bits per heavy atom. The molecule has 16 heavy (non-hydrogen) atoms. The highest BCUT2D eigenvalue weighted by Gasteiger charge is 2.05. The van der Waals surface area contributed by atoms with Crippen molar-refractivity contribution in [3.63, 3.8) is 0 Å². The van der Waals surface area contributed by atoms with Gasteiger partial charge in [-0.3, -0.25) is 0 Å². The van der Waals surface area contributed by atoms with Crippen LogP contribution in [-0.2, 0) is 6.54 Å². The quantitative estimate of drug-likeness (QED) is 0.824. The molecule has 0 spiro atoms. The van der Waals surface area contributed by atoms with E-state index in [-0.39, 0.29) is 0 Å². The first-order valence-electron chi connectivity index (χ1n) is 5.23. The fraction of sp³-hybridized carbons (Fsp3) is 0.250. The van der Waals surface area contributed by atoms with Crippen molar-refractivity contribution in [2.45, 2.75) is 13.5 Å². The summed E-state index contributed by atoms with van der Waals surface area (Å²) in [7, 11) is 2.01. The van der Waals surface area contributed by atoms with E-state index in [0.717, 1.165) is 23.7 Å². The van der Waals surface area contributed by atoms with Gasteiger partial charge in [-0.05, 0) is 31.2 Å². The van der Waals surface area contributed by atoms with Crippen molar-refractivity contribution in [3.8, 4) is 0 Å². The second-order valence-corrected chi connectivity index (χ2v) is 3.90. The summed E-state index contributed by atoms with van der Waals surface area (Å²) in [6.45, 7) is 2.73. The second kappa shape index (κ2) is 4.26. The molecule has 0 amide bonds. The number of nitrogens with zero attached hydrogens (tertiary/aromatic N) is 2. The van der Waals surface area contributed by atoms with Crippen LogP contribution in [0.25, 0.3) is 0 Å². The van der Waals surface area contributed by atoms with E-state index in [1.54, 1.807) is 0 Å². The molecule has 4 heteroatoms. The number of aryl methyl sites for hydroxylation is 1. The first-order valence-corrected chi connectivity index (χ1v) is 5.23. The highest BCUT2D eigenvalue weighted by Crippen LogP contribution is 2.16. The Kier molecular flexibility index (Phi) is 2.81. The van der Waals surface area contributed by atoms with Gasteiger partial charge in [-0.2, -0.15) is 0 Å². The number of nitrogens with one attached hydrogen (secondary N) is 1. The molecule has 0 aliphatic carbocycles. The van der Waals surface area contributed by atoms with Gasteiger partial charge >= 0.3 is 0 Å². The van der Waals surface area contributed by atoms with Gasteiger partial charge < -0.3 is 15.6 Å². The highest BCUT2D eigenvalue weighted by molar-refractivity contribution is 5.50. The zero-order chi connectivity index (χ0) is 11.5. The van der Waals surface area contributed by atoms with Crippen molar-refractivity contribution in [1.82, 2.24) is 9.97 Å². The predicted molar refractivity (Wildman–Crippen MR) is 66.3 cm³/mol. The molecule has 2 aromatic heterocycles. The lowest BCUT2D eigenvalue weighted by molar-refractivity contribution is 0.870. The van der Waals surface area contributed by atoms with Gasteiger partial charge in [0, 0.05) is 18.9 Å². The van der Waals surface area contributed by atoms with E-state index >= 15 is 0 Å². The van der Waals surface area contributed by atoms with Crippen molar-refractivity contribution in [2.75, 3.05) is 17.7 Å². The molecule has 0 radical (unpaired) electrons. The number of aromatic amines is 1. The van der Waals surface area contributed by atoms with Crippen LogP contribution in [0.5, 0.6) is 0 Å². The SMILES string of the molecule is Cc1nc(N(C)Cc2ccc[nH]2)ccc1N. The van der Waals surface area contributed by atoms with Crippen LogP contribution in [0, 0.1) is 6.92 Å². The van der Waals surface area contributed by atoms with Crippen molar-refractivity contribution < 1.29 is 0 Å². The molecule has 0 aliphatic heterocycles. The Morgan fingerprint density at radius 3 is 2.81 bits per heavy atom. The van der Waals surface area contributed by atoms with Gasteiger partial charge in [0.1, 0.15) is 5.82 Å². The third-order valence-electron chi connectivity index (χ3n) is 2.57. The molecule has 3 N–H and O–H groups in total. The molecule has 0 saturated carbocycles. The maximum absolute atomic E-state index is 5.74. The molecule has 0 atom stereocenters. The number of pyridine rings is 1. The average Bonchev–Trinajstić information content (AvgIpc) is 2.74. The molecule has 84 valence electrons. The summed E-state index contributed by atoms with van der Waals surface area (Å²) in [6, 6.07) is 7.87. The van der Waals surface area contributed by atoms with E-state index in [1.807, 2.05) is 38.4 Å². The summed E-state index contributed by atoms with van der Waals surface area (Å²) in [5, 5.41) is 0. The summed E-state index contributed by atoms with van der Waals surface area (Å²) in [6.07, 6.45) is 1.92. The Hall–Kier alpha value is -1.97. The fourth-order valence-corrected chi connectivity index (χ4v) is 1.57. The van der Waals surface area contributed by atoms with Crippen LogP contribution < -0.4 is 10.6 Å². The zero-order valence-electron chi connectivity index (χ0n) is 9.57. The number of nitrogen functional groups attached to an aromatic ring is 1. The molecule has 0 bridgehead atoms. The Labute approximate surface area is 95.1 Å². The minimum Gasteiger partial charge on any atom is -0.397 e. The Bertz CT molecular complexity index is 462. The lowest BCUT2D eigenvalue weighted by atomic mass is 10.3. The molecule has 4 nitrogen and oxygen atoms in total. The van der Waals surface area contributed by atoms with Crippen molar-refractivity contribution >= 4 is 11.5 Å². The minimum absolute atomic E-state index is 0.733. The van der Waals surface area contributed by atoms with Gasteiger partial charge in [0.2, 0.25) is 0 Å². The number of hydrogen-bond acceptors (Lipinski definition) is 3. The van der Waals surface area contributed by atoms with E-state index in [1.165, 1.54) is 5.69 Å². The maximum atomic E-state index is 5.74. The van der Waals surface area contributed by atoms with Crippen molar-refractivity contribution in [3.05, 3.63) is 41.9 Å². The van der Waals surface area contributed by atoms with E-state index in [4.69, 9.17) is 5.73 Å². The summed E-state index contributed by atoms with van der Waals surface area (Å²) >= 11 is 0. The zero-order valence-corrected chi connectivity index (χ0v) is 9.57. The molecule has 0 fully saturated rings. The molecule has 2 aromatic rings. The van der Waals surface area contributed by atoms with Crippen LogP contribution in [0.3, 0.4) is 0 Å². The fourth-order valence-electron chi connectivity index (χ4n) is 1.57. The van der Waals surface area contributed by atoms with Crippen LogP contribution in [-0.4, -0.2) is 17.0 Å². The van der Waals surface area contributed by atoms with Gasteiger partial charge in [-0.25, -0.2) is 4.98 Å². The number of nitrogens with two attached hydrogens (primary N) is 1. The highest BCUT2D eigenvalue weighted by atomic mass is 15.2. The summed E-state index contributed by atoms with van der Waals surface area (Å²) in [5.74, 6) is 0.932. The Morgan fingerprint density at radius 2 is 2.19 bits per heavy atom. The van der Waals surface area contributed by atoms with Crippen LogP contribution in [0.1, 0.15) is 11.4 Å². The van der Waals surface area contributed by atoms with Gasteiger partial charge in [-0.15, -0.1) is 0 Å². The maximum Gasteiger partial charge on any atom is 0.129 e. The smallest absolute Gasteiger partial charge is 0.129 e. The van der Waals surface area contributed by atoms with E-state index in [2.05, 4.69) is 20.9 Å². The number of aromatic nitrogens is 2. The topological polar surface area (TPSA) is 57.9 Å². The van der Waals surface area contributed by atoms with Crippen molar-refractivity contribution in [1.29, 1.82) is 0 Å². The van der Waals surface area contributed by atoms with Gasteiger partial charge in [0.05, 0.1) is 17.9 Å². The first-order chi connectivity index (χ1) is 7.66. The molecule has 0 saturated heterocycles. The van der Waals surface area contributed by atoms with Crippen LogP contribution >= 0.6 is 0 Å². The number of H-pyrrole nitrogens is 1. The van der Waals surface area contributed by atoms with E-state index < -0.39 is 0 Å². The van der Waals surface area contributed by atoms with Gasteiger partial charge in [0.25, 0.3) is 0 Å². The lowest BCUT2D eigenvalue weighted by Gasteiger charge is -2.18. The largest absolute Gasteiger partial charge is 0.397 e. The molecule has 2 heterocycles. The van der Waals surface area contributed by atoms with Crippen LogP contribution in [0.2, 0.25) is 0 Å². The average molecular weight is 216 g/mol. The first kappa shape index (κ1) is 10.5. The number of hydrogen-bond donors (Lipinski definition) is 2. The summed E-state index contributed by atoms with van der Waals surface area (Å²) in [5.41, 5.74) is 8.51. The summed E-state index contributed by atoms with van der Waals surface area (Å²) < 4.78 is 0. The van der Waals surface area contributed by atoms with E-state index in [9.17, 15) is 0 Å². The normalized spacial score (nSPS) is 10.4. The summed E-state index contributed by atoms with van der Waals surface area (Å²) in [4.78, 5) is 9.69. The molecule has 0 unspecified atom stereocenters. The monoisotopic (exact) mass is 216 g/mol. The van der Waals surface area contributed by atoms with Gasteiger partial charge in [0.15, 0.2) is 0 Å². The third kappa shape index (κ3) is 2.16. The number of rotatable bonds is 3. The van der Waals surface area contributed by atoms with Gasteiger partial charge in [-0.1, -0.05) is 0 Å². The van der Waals surface area contributed by atoms with E-state index in [0.29, 0.717) is 0 Å². The molecule has 0 aromatic carbocycles.